The molecule has 1 aliphatic carbocycles. The fourth-order valence-corrected chi connectivity index (χ4v) is 5.51. The summed E-state index contributed by atoms with van der Waals surface area (Å²) in [5.74, 6) is -0.529. The van der Waals surface area contributed by atoms with Gasteiger partial charge in [-0.3, -0.25) is 9.48 Å². The maximum absolute atomic E-state index is 12.6. The summed E-state index contributed by atoms with van der Waals surface area (Å²) in [5, 5.41) is 8.97. The third-order valence-corrected chi connectivity index (χ3v) is 7.26. The van der Waals surface area contributed by atoms with Crippen LogP contribution >= 0.6 is 0 Å². The summed E-state index contributed by atoms with van der Waals surface area (Å²) in [6, 6.07) is 6.10. The van der Waals surface area contributed by atoms with E-state index in [1.54, 1.807) is 38.8 Å². The molecule has 1 spiro atoms. The molecule has 2 aromatic heterocycles. The van der Waals surface area contributed by atoms with E-state index in [1.165, 1.54) is 12.1 Å². The van der Waals surface area contributed by atoms with Crippen molar-refractivity contribution in [2.24, 2.45) is 11.1 Å². The summed E-state index contributed by atoms with van der Waals surface area (Å²) in [6.45, 7) is 7.00. The van der Waals surface area contributed by atoms with Crippen molar-refractivity contribution in [3.63, 3.8) is 0 Å². The zero-order chi connectivity index (χ0) is 29.0. The first-order valence-corrected chi connectivity index (χ1v) is 12.9. The maximum atomic E-state index is 12.6. The van der Waals surface area contributed by atoms with Gasteiger partial charge in [-0.05, 0) is 44.7 Å². The van der Waals surface area contributed by atoms with E-state index >= 15 is 0 Å². The molecule has 1 aliphatic heterocycles. The molecule has 13 heteroatoms. The Morgan fingerprint density at radius 2 is 1.73 bits per heavy atom. The zero-order valence-electron chi connectivity index (χ0n) is 22.5. The minimum atomic E-state index is -4.26. The molecule has 0 bridgehead atoms. The van der Waals surface area contributed by atoms with E-state index < -0.39 is 24.1 Å². The molecule has 5 rings (SSSR count). The van der Waals surface area contributed by atoms with E-state index in [-0.39, 0.29) is 34.5 Å². The summed E-state index contributed by atoms with van der Waals surface area (Å²) in [7, 11) is 0. The van der Waals surface area contributed by atoms with Crippen molar-refractivity contribution < 1.29 is 27.5 Å². The van der Waals surface area contributed by atoms with Gasteiger partial charge in [0.1, 0.15) is 22.7 Å². The first-order chi connectivity index (χ1) is 18.6. The summed E-state index contributed by atoms with van der Waals surface area (Å²) in [4.78, 5) is 26.3. The second-order valence-corrected chi connectivity index (χ2v) is 11.9. The Hall–Kier alpha value is -4.03. The fraction of sp³-hybridized carbons (Fsp3) is 0.481. The predicted molar refractivity (Wildman–Crippen MR) is 140 cm³/mol. The maximum Gasteiger partial charge on any atom is 0.410 e. The number of hydrogen-bond acceptors (Lipinski definition) is 6. The normalized spacial score (nSPS) is 17.0. The third kappa shape index (κ3) is 5.63. The molecule has 2 fully saturated rings. The fourth-order valence-electron chi connectivity index (χ4n) is 5.51. The number of carbonyl (C=O) groups excluding carboxylic acids is 2. The van der Waals surface area contributed by atoms with E-state index in [4.69, 9.17) is 16.2 Å². The lowest BCUT2D eigenvalue weighted by Crippen LogP contribution is -2.64. The summed E-state index contributed by atoms with van der Waals surface area (Å²) >= 11 is 0. The molecular weight excluding hydrogens is 527 g/mol. The van der Waals surface area contributed by atoms with Crippen molar-refractivity contribution in [2.45, 2.75) is 64.4 Å². The van der Waals surface area contributed by atoms with E-state index in [0.717, 1.165) is 18.4 Å². The van der Waals surface area contributed by atoms with Gasteiger partial charge in [0.25, 0.3) is 5.91 Å². The SMILES string of the molecule is CC(C)(C)OC(=O)N1CC2(CC(n3nc(-c4cnn(Cc5ccc(CC(F)(F)F)cc5)c4)c(C(N)=O)c3N)C2)C1. The topological polar surface area (TPSA) is 134 Å². The minimum Gasteiger partial charge on any atom is -0.444 e. The third-order valence-electron chi connectivity index (χ3n) is 7.26. The van der Waals surface area contributed by atoms with Crippen LogP contribution in [-0.4, -0.2) is 61.3 Å². The number of anilines is 1. The standard InChI is InChI=1S/C27H32F3N7O3/c1-25(2,3)40-24(39)35-14-26(15-35)9-19(10-26)37-22(31)20(23(32)38)21(34-37)18-11-33-36(13-18)12-17-6-4-16(5-7-17)8-27(28,29)30/h4-7,11,13,19H,8-10,12,14-15,31H2,1-3H3,(H2,32,38). The van der Waals surface area contributed by atoms with Crippen LogP contribution < -0.4 is 11.5 Å². The number of nitrogen functional groups attached to an aromatic ring is 1. The Bertz CT molecular complexity index is 1420. The molecular formula is C27H32F3N7O3. The molecule has 214 valence electrons. The Morgan fingerprint density at radius 1 is 1.10 bits per heavy atom. The number of nitrogens with two attached hydrogens (primary N) is 2. The highest BCUT2D eigenvalue weighted by molar-refractivity contribution is 6.03. The molecule has 0 atom stereocenters. The first-order valence-electron chi connectivity index (χ1n) is 12.9. The minimum absolute atomic E-state index is 0.0203. The molecule has 0 radical (unpaired) electrons. The van der Waals surface area contributed by atoms with Crippen LogP contribution in [0, 0.1) is 5.41 Å². The number of aromatic nitrogens is 4. The molecule has 2 amide bonds. The number of hydrogen-bond donors (Lipinski definition) is 2. The lowest BCUT2D eigenvalue weighted by molar-refractivity contribution is -0.127. The molecule has 3 heterocycles. The monoisotopic (exact) mass is 559 g/mol. The van der Waals surface area contributed by atoms with Crippen molar-refractivity contribution in [3.05, 3.63) is 53.3 Å². The van der Waals surface area contributed by atoms with Gasteiger partial charge >= 0.3 is 12.3 Å². The van der Waals surface area contributed by atoms with Gasteiger partial charge in [-0.25, -0.2) is 9.48 Å². The number of alkyl halides is 3. The highest BCUT2D eigenvalue weighted by Crippen LogP contribution is 2.55. The van der Waals surface area contributed by atoms with E-state index in [1.807, 2.05) is 20.8 Å². The molecule has 2 aliphatic rings. The molecule has 0 unspecified atom stereocenters. The number of halogens is 3. The van der Waals surface area contributed by atoms with E-state index in [0.29, 0.717) is 30.9 Å². The highest BCUT2D eigenvalue weighted by atomic mass is 19.4. The average molecular weight is 560 g/mol. The number of likely N-dealkylation sites (tertiary alicyclic amines) is 1. The van der Waals surface area contributed by atoms with Gasteiger partial charge < -0.3 is 21.1 Å². The van der Waals surface area contributed by atoms with Crippen molar-refractivity contribution in [3.8, 4) is 11.3 Å². The number of primary amides is 1. The van der Waals surface area contributed by atoms with Crippen LogP contribution in [0.5, 0.6) is 0 Å². The van der Waals surface area contributed by atoms with Gasteiger partial charge in [-0.2, -0.15) is 23.4 Å². The average Bonchev–Trinajstić information content (AvgIpc) is 3.35. The zero-order valence-corrected chi connectivity index (χ0v) is 22.5. The Balaban J connectivity index is 1.26. The number of carbonyl (C=O) groups is 2. The van der Waals surface area contributed by atoms with Crippen LogP contribution in [0.15, 0.2) is 36.7 Å². The van der Waals surface area contributed by atoms with E-state index in [2.05, 4.69) is 10.2 Å². The van der Waals surface area contributed by atoms with Gasteiger partial charge in [0, 0.05) is 30.3 Å². The quantitative estimate of drug-likeness (QED) is 0.466. The molecule has 1 aromatic carbocycles. The number of rotatable bonds is 6. The number of benzene rings is 1. The van der Waals surface area contributed by atoms with Crippen LogP contribution in [0.1, 0.15) is 61.1 Å². The Kier molecular flexibility index (Phi) is 6.58. The van der Waals surface area contributed by atoms with Crippen molar-refractivity contribution in [1.82, 2.24) is 24.5 Å². The van der Waals surface area contributed by atoms with Crippen LogP contribution in [0.25, 0.3) is 11.3 Å². The van der Waals surface area contributed by atoms with Crippen molar-refractivity contribution in [1.29, 1.82) is 0 Å². The Labute approximate surface area is 229 Å². The van der Waals surface area contributed by atoms with Gasteiger partial charge in [0.05, 0.1) is 25.2 Å². The van der Waals surface area contributed by atoms with Crippen LogP contribution in [-0.2, 0) is 17.7 Å². The number of amides is 2. The van der Waals surface area contributed by atoms with Gasteiger partial charge in [-0.1, -0.05) is 24.3 Å². The van der Waals surface area contributed by atoms with Crippen molar-refractivity contribution in [2.75, 3.05) is 18.8 Å². The van der Waals surface area contributed by atoms with Crippen LogP contribution in [0.3, 0.4) is 0 Å². The van der Waals surface area contributed by atoms with Gasteiger partial charge in [0.15, 0.2) is 0 Å². The lowest BCUT2D eigenvalue weighted by atomic mass is 9.61. The molecule has 40 heavy (non-hydrogen) atoms. The second kappa shape index (κ2) is 9.56. The van der Waals surface area contributed by atoms with Crippen LogP contribution in [0.4, 0.5) is 23.8 Å². The smallest absolute Gasteiger partial charge is 0.410 e. The number of ether oxygens (including phenoxy) is 1. The largest absolute Gasteiger partial charge is 0.444 e. The molecule has 4 N–H and O–H groups in total. The van der Waals surface area contributed by atoms with Gasteiger partial charge in [0.2, 0.25) is 0 Å². The molecule has 1 saturated heterocycles. The van der Waals surface area contributed by atoms with E-state index in [9.17, 15) is 22.8 Å². The van der Waals surface area contributed by atoms with Crippen molar-refractivity contribution >= 4 is 17.8 Å². The number of nitrogens with zero attached hydrogens (tertiary/aromatic N) is 5. The predicted octanol–water partition coefficient (Wildman–Crippen LogP) is 4.15. The summed E-state index contributed by atoms with van der Waals surface area (Å²) < 4.78 is 46.5. The highest BCUT2D eigenvalue weighted by Gasteiger charge is 2.55. The molecule has 3 aromatic rings. The molecule has 10 nitrogen and oxygen atoms in total. The Morgan fingerprint density at radius 3 is 2.30 bits per heavy atom. The summed E-state index contributed by atoms with van der Waals surface area (Å²) in [5.41, 5.74) is 13.4. The lowest BCUT2D eigenvalue weighted by Gasteiger charge is -2.58. The van der Waals surface area contributed by atoms with Gasteiger partial charge in [-0.15, -0.1) is 0 Å². The van der Waals surface area contributed by atoms with Crippen LogP contribution in [0.2, 0.25) is 0 Å². The molecule has 1 saturated carbocycles. The summed E-state index contributed by atoms with van der Waals surface area (Å²) in [6.07, 6.45) is -0.839. The second-order valence-electron chi connectivity index (χ2n) is 11.9. The first kappa shape index (κ1) is 27.5.